The quantitative estimate of drug-likeness (QED) is 0.0999. The molecule has 12 heteroatoms. The summed E-state index contributed by atoms with van der Waals surface area (Å²) in [6, 6.07) is 6.33. The summed E-state index contributed by atoms with van der Waals surface area (Å²) in [5, 5.41) is 1.85. The Bertz CT molecular complexity index is 2160. The third-order valence-corrected chi connectivity index (χ3v) is 18.1. The average Bonchev–Trinajstić information content (AvgIpc) is 3.37. The summed E-state index contributed by atoms with van der Waals surface area (Å²) >= 11 is 6.92. The maximum Gasteiger partial charge on any atom is 0.410 e. The number of hydrogen-bond donors (Lipinski definition) is 0. The van der Waals surface area contributed by atoms with Crippen molar-refractivity contribution >= 4 is 53.1 Å². The summed E-state index contributed by atoms with van der Waals surface area (Å²) in [7, 11) is -0.757. The predicted molar refractivity (Wildman–Crippen MR) is 220 cm³/mol. The van der Waals surface area contributed by atoms with Crippen molar-refractivity contribution in [1.29, 1.82) is 0 Å². The maximum absolute atomic E-state index is 17.4. The zero-order valence-corrected chi connectivity index (χ0v) is 35.6. The van der Waals surface area contributed by atoms with Gasteiger partial charge in [0.2, 0.25) is 0 Å². The van der Waals surface area contributed by atoms with Crippen LogP contribution in [0, 0.1) is 30.0 Å². The first-order chi connectivity index (χ1) is 25.9. The third kappa shape index (κ3) is 7.50. The number of benzene rings is 2. The van der Waals surface area contributed by atoms with Crippen molar-refractivity contribution in [3.8, 4) is 28.5 Å². The minimum absolute atomic E-state index is 0.0117. The van der Waals surface area contributed by atoms with E-state index in [1.807, 2.05) is 25.7 Å². The highest BCUT2D eigenvalue weighted by Gasteiger charge is 2.45. The molecule has 0 N–H and O–H groups in total. The second kappa shape index (κ2) is 15.5. The molecule has 2 aromatic carbocycles. The van der Waals surface area contributed by atoms with E-state index in [4.69, 9.17) is 35.8 Å². The predicted octanol–water partition coefficient (Wildman–Crippen LogP) is 10.8. The van der Waals surface area contributed by atoms with Crippen LogP contribution in [0.2, 0.25) is 21.6 Å². The second-order valence-electron chi connectivity index (χ2n) is 16.9. The van der Waals surface area contributed by atoms with E-state index in [1.165, 1.54) is 13.2 Å². The van der Waals surface area contributed by atoms with Crippen molar-refractivity contribution in [2.45, 2.75) is 116 Å². The number of carbonyl (C=O) groups excluding carboxylic acids is 1. The molecule has 2 bridgehead atoms. The number of anilines is 1. The van der Waals surface area contributed by atoms with E-state index < -0.39 is 25.3 Å². The lowest BCUT2D eigenvalue weighted by Gasteiger charge is -2.42. The lowest BCUT2D eigenvalue weighted by molar-refractivity contribution is 0.0123. The highest BCUT2D eigenvalue weighted by atomic mass is 35.5. The van der Waals surface area contributed by atoms with Crippen LogP contribution in [-0.4, -0.2) is 73.7 Å². The van der Waals surface area contributed by atoms with Gasteiger partial charge in [-0.25, -0.2) is 18.6 Å². The minimum Gasteiger partial charge on any atom is -0.468 e. The number of fused-ring (bicyclic) bond motifs is 4. The summed E-state index contributed by atoms with van der Waals surface area (Å²) < 4.78 is 50.4. The smallest absolute Gasteiger partial charge is 0.410 e. The number of methoxy groups -OCH3 is 1. The molecular formula is C43H53ClF2N4O4Si. The van der Waals surface area contributed by atoms with E-state index in [0.717, 1.165) is 12.8 Å². The number of piperazine rings is 1. The van der Waals surface area contributed by atoms with Gasteiger partial charge in [-0.1, -0.05) is 65.1 Å². The van der Waals surface area contributed by atoms with Crippen LogP contribution in [0.4, 0.5) is 19.4 Å². The molecule has 294 valence electrons. The molecule has 0 radical (unpaired) electrons. The van der Waals surface area contributed by atoms with Crippen molar-refractivity contribution < 1.29 is 27.8 Å². The average molecular weight is 791 g/mol. The first-order valence-electron chi connectivity index (χ1n) is 19.2. The van der Waals surface area contributed by atoms with Gasteiger partial charge >= 0.3 is 6.09 Å². The standard InChI is InChI=1S/C43H53ClF2N4O4Si/c1-24(2)55(25(3)4,26(5)6)17-16-32-35(45)15-12-28-18-31(53-23-52-11)19-33(36(28)32)40-39(46)37-34(20-47-40)41(48-27(7)38(37)44)49-21-29-13-14-30(22-49)50(29)42(51)54-43(8,9)10/h12,15,18-20,24-26,29-30H,13-14,21-23H2,1-11H3. The molecule has 1 amide bonds. The van der Waals surface area contributed by atoms with Gasteiger partial charge in [0.05, 0.1) is 28.4 Å². The van der Waals surface area contributed by atoms with Crippen LogP contribution in [0.3, 0.4) is 0 Å². The number of aromatic nitrogens is 2. The van der Waals surface area contributed by atoms with E-state index in [1.54, 1.807) is 31.3 Å². The summed E-state index contributed by atoms with van der Waals surface area (Å²) in [5.74, 6) is 3.12. The van der Waals surface area contributed by atoms with Crippen molar-refractivity contribution in [3.05, 3.63) is 58.4 Å². The van der Waals surface area contributed by atoms with Gasteiger partial charge in [0.15, 0.2) is 12.6 Å². The Hall–Kier alpha value is -3.98. The lowest BCUT2D eigenvalue weighted by Crippen LogP contribution is -2.57. The highest BCUT2D eigenvalue weighted by Crippen LogP contribution is 2.44. The number of aryl methyl sites for hydroxylation is 1. The molecule has 55 heavy (non-hydrogen) atoms. The van der Waals surface area contributed by atoms with Gasteiger partial charge in [-0.3, -0.25) is 9.88 Å². The Kier molecular flexibility index (Phi) is 11.5. The van der Waals surface area contributed by atoms with Gasteiger partial charge in [-0.05, 0) is 80.7 Å². The number of pyridine rings is 2. The molecule has 2 aliphatic heterocycles. The van der Waals surface area contributed by atoms with Crippen LogP contribution in [0.5, 0.6) is 5.75 Å². The number of nitrogens with zero attached hydrogens (tertiary/aromatic N) is 4. The molecule has 0 spiro atoms. The zero-order valence-electron chi connectivity index (χ0n) is 33.9. The number of carbonyl (C=O) groups is 1. The number of ether oxygens (including phenoxy) is 3. The normalized spacial score (nSPS) is 17.5. The van der Waals surface area contributed by atoms with E-state index in [0.29, 0.717) is 68.7 Å². The molecule has 8 nitrogen and oxygen atoms in total. The van der Waals surface area contributed by atoms with Gasteiger partial charge in [-0.15, -0.1) is 5.54 Å². The first kappa shape index (κ1) is 40.7. The summed E-state index contributed by atoms with van der Waals surface area (Å²) in [4.78, 5) is 26.7. The molecule has 4 heterocycles. The maximum atomic E-state index is 17.4. The molecular weight excluding hydrogens is 738 g/mol. The molecule has 2 unspecified atom stereocenters. The van der Waals surface area contributed by atoms with Crippen molar-refractivity contribution in [2.75, 3.05) is 31.9 Å². The van der Waals surface area contributed by atoms with Crippen molar-refractivity contribution in [3.63, 3.8) is 0 Å². The fraction of sp³-hybridized carbons (Fsp3) is 0.512. The van der Waals surface area contributed by atoms with Crippen LogP contribution in [-0.2, 0) is 9.47 Å². The third-order valence-electron chi connectivity index (χ3n) is 11.4. The molecule has 2 fully saturated rings. The van der Waals surface area contributed by atoms with E-state index in [2.05, 4.69) is 57.9 Å². The molecule has 0 aliphatic carbocycles. The fourth-order valence-electron chi connectivity index (χ4n) is 8.97. The molecule has 6 rings (SSSR count). The number of amides is 1. The zero-order chi connectivity index (χ0) is 40.1. The van der Waals surface area contributed by atoms with Crippen LogP contribution < -0.4 is 9.64 Å². The second-order valence-corrected chi connectivity index (χ2v) is 22.9. The van der Waals surface area contributed by atoms with Gasteiger partial charge in [0.25, 0.3) is 0 Å². The van der Waals surface area contributed by atoms with Gasteiger partial charge in [0.1, 0.15) is 36.8 Å². The van der Waals surface area contributed by atoms with Crippen LogP contribution >= 0.6 is 11.6 Å². The first-order valence-corrected chi connectivity index (χ1v) is 21.8. The fourth-order valence-corrected chi connectivity index (χ4v) is 14.4. The number of halogens is 3. The number of rotatable bonds is 8. The molecule has 0 saturated carbocycles. The van der Waals surface area contributed by atoms with Crippen LogP contribution in [0.25, 0.3) is 32.8 Å². The largest absolute Gasteiger partial charge is 0.468 e. The van der Waals surface area contributed by atoms with Gasteiger partial charge < -0.3 is 19.1 Å². The summed E-state index contributed by atoms with van der Waals surface area (Å²) in [5.41, 5.74) is 5.01. The van der Waals surface area contributed by atoms with Gasteiger partial charge in [-0.2, -0.15) is 0 Å². The highest BCUT2D eigenvalue weighted by molar-refractivity contribution is 6.90. The Morgan fingerprint density at radius 2 is 1.65 bits per heavy atom. The molecule has 2 aliphatic rings. The summed E-state index contributed by atoms with van der Waals surface area (Å²) in [6.45, 7) is 21.5. The SMILES string of the molecule is COCOc1cc(-c2ncc3c(N4CC5CCC(C4)N5C(=O)OC(C)(C)C)nc(C)c(Cl)c3c2F)c2c(C#C[Si](C(C)C)(C(C)C)C(C)C)c(F)ccc2c1. The van der Waals surface area contributed by atoms with Crippen LogP contribution in [0.15, 0.2) is 30.5 Å². The minimum atomic E-state index is -2.27. The molecule has 2 atom stereocenters. The van der Waals surface area contributed by atoms with Gasteiger partial charge in [0, 0.05) is 48.1 Å². The lowest BCUT2D eigenvalue weighted by atomic mass is 9.95. The Morgan fingerprint density at radius 1 is 1.02 bits per heavy atom. The van der Waals surface area contributed by atoms with E-state index in [-0.39, 0.29) is 46.6 Å². The Balaban J connectivity index is 1.53. The Labute approximate surface area is 329 Å². The number of hydrogen-bond acceptors (Lipinski definition) is 7. The van der Waals surface area contributed by atoms with E-state index >= 15 is 8.78 Å². The monoisotopic (exact) mass is 790 g/mol. The van der Waals surface area contributed by atoms with E-state index in [9.17, 15) is 4.79 Å². The summed E-state index contributed by atoms with van der Waals surface area (Å²) in [6.07, 6.45) is 2.93. The Morgan fingerprint density at radius 3 is 2.24 bits per heavy atom. The molecule has 4 aromatic rings. The van der Waals surface area contributed by atoms with Crippen LogP contribution in [0.1, 0.15) is 86.4 Å². The molecule has 2 saturated heterocycles. The topological polar surface area (TPSA) is 77.0 Å². The van der Waals surface area contributed by atoms with Crippen molar-refractivity contribution in [1.82, 2.24) is 14.9 Å². The molecule has 2 aromatic heterocycles. The van der Waals surface area contributed by atoms with Crippen molar-refractivity contribution in [2.24, 2.45) is 0 Å².